The first-order valence-corrected chi connectivity index (χ1v) is 12.2. The van der Waals surface area contributed by atoms with E-state index >= 15 is 0 Å². The summed E-state index contributed by atoms with van der Waals surface area (Å²) in [5.41, 5.74) is 2.67. The van der Waals surface area contributed by atoms with E-state index in [-0.39, 0.29) is 17.2 Å². The molecule has 2 heterocycles. The topological polar surface area (TPSA) is 73.2 Å². The van der Waals surface area contributed by atoms with Gasteiger partial charge >= 0.3 is 0 Å². The van der Waals surface area contributed by atoms with E-state index in [1.54, 1.807) is 17.8 Å². The van der Waals surface area contributed by atoms with Crippen LogP contribution in [-0.2, 0) is 17.9 Å². The summed E-state index contributed by atoms with van der Waals surface area (Å²) in [6.07, 6.45) is 1.66. The van der Waals surface area contributed by atoms with Crippen LogP contribution >= 0.6 is 23.1 Å². The highest BCUT2D eigenvalue weighted by Crippen LogP contribution is 2.32. The lowest BCUT2D eigenvalue weighted by molar-refractivity contribution is -0.118. The predicted molar refractivity (Wildman–Crippen MR) is 135 cm³/mol. The SMILES string of the molecule is C=CCn1c(SCC(=O)NCc2cccc(OC)c2)nc2scc(-c3ccccc3)c2c1=O. The van der Waals surface area contributed by atoms with Crippen LogP contribution in [0.25, 0.3) is 21.3 Å². The van der Waals surface area contributed by atoms with E-state index in [1.807, 2.05) is 60.0 Å². The summed E-state index contributed by atoms with van der Waals surface area (Å²) in [4.78, 5) is 31.2. The predicted octanol–water partition coefficient (Wildman–Crippen LogP) is 4.73. The summed E-state index contributed by atoms with van der Waals surface area (Å²) in [5.74, 6) is 0.752. The molecule has 33 heavy (non-hydrogen) atoms. The third kappa shape index (κ3) is 5.18. The van der Waals surface area contributed by atoms with Crippen LogP contribution < -0.4 is 15.6 Å². The van der Waals surface area contributed by atoms with Crippen molar-refractivity contribution in [1.29, 1.82) is 0 Å². The summed E-state index contributed by atoms with van der Waals surface area (Å²) < 4.78 is 6.79. The van der Waals surface area contributed by atoms with Crippen molar-refractivity contribution >= 4 is 39.2 Å². The average molecular weight is 478 g/mol. The molecular weight excluding hydrogens is 454 g/mol. The van der Waals surface area contributed by atoms with E-state index in [4.69, 9.17) is 9.72 Å². The lowest BCUT2D eigenvalue weighted by atomic mass is 10.1. The zero-order chi connectivity index (χ0) is 23.2. The number of hydrogen-bond acceptors (Lipinski definition) is 6. The molecule has 0 unspecified atom stereocenters. The molecule has 168 valence electrons. The first-order chi connectivity index (χ1) is 16.1. The standard InChI is InChI=1S/C25H23N3O3S2/c1-3-12-28-24(30)22-20(18-9-5-4-6-10-18)15-32-23(22)27-25(28)33-16-21(29)26-14-17-8-7-11-19(13-17)31-2/h3-11,13,15H,1,12,14,16H2,2H3,(H,26,29). The molecule has 0 bridgehead atoms. The molecule has 0 aliphatic rings. The van der Waals surface area contributed by atoms with Gasteiger partial charge in [0.2, 0.25) is 5.91 Å². The van der Waals surface area contributed by atoms with E-state index in [9.17, 15) is 9.59 Å². The third-order valence-electron chi connectivity index (χ3n) is 5.01. The van der Waals surface area contributed by atoms with E-state index < -0.39 is 0 Å². The maximum Gasteiger partial charge on any atom is 0.263 e. The first-order valence-electron chi connectivity index (χ1n) is 10.3. The number of benzene rings is 2. The Hall–Kier alpha value is -3.36. The quantitative estimate of drug-likeness (QED) is 0.214. The molecule has 2 aromatic carbocycles. The minimum absolute atomic E-state index is 0.126. The van der Waals surface area contributed by atoms with Crippen LogP contribution in [0.3, 0.4) is 0 Å². The van der Waals surface area contributed by atoms with Gasteiger partial charge in [-0.15, -0.1) is 17.9 Å². The summed E-state index contributed by atoms with van der Waals surface area (Å²) in [7, 11) is 1.61. The van der Waals surface area contributed by atoms with Gasteiger partial charge in [-0.3, -0.25) is 14.2 Å². The lowest BCUT2D eigenvalue weighted by Gasteiger charge is -2.11. The number of ether oxygens (including phenoxy) is 1. The molecule has 0 fully saturated rings. The molecule has 4 aromatic rings. The Labute approximate surface area is 199 Å². The third-order valence-corrected chi connectivity index (χ3v) is 6.86. The molecule has 0 saturated heterocycles. The number of nitrogens with one attached hydrogen (secondary N) is 1. The van der Waals surface area contributed by atoms with Gasteiger partial charge < -0.3 is 10.1 Å². The van der Waals surface area contributed by atoms with Gasteiger partial charge in [0.15, 0.2) is 5.16 Å². The van der Waals surface area contributed by atoms with E-state index in [1.165, 1.54) is 23.1 Å². The number of nitrogens with zero attached hydrogens (tertiary/aromatic N) is 2. The maximum absolute atomic E-state index is 13.4. The molecule has 0 radical (unpaired) electrons. The van der Waals surface area contributed by atoms with Gasteiger partial charge in [0.1, 0.15) is 10.6 Å². The van der Waals surface area contributed by atoms with Crippen LogP contribution in [0.1, 0.15) is 5.56 Å². The van der Waals surface area contributed by atoms with Crippen LogP contribution in [0.2, 0.25) is 0 Å². The minimum atomic E-state index is -0.140. The van der Waals surface area contributed by atoms with Crippen molar-refractivity contribution < 1.29 is 9.53 Å². The molecular formula is C25H23N3O3S2. The van der Waals surface area contributed by atoms with Crippen molar-refractivity contribution in [2.24, 2.45) is 0 Å². The van der Waals surface area contributed by atoms with Crippen LogP contribution in [0, 0.1) is 0 Å². The van der Waals surface area contributed by atoms with E-state index in [2.05, 4.69) is 11.9 Å². The fourth-order valence-corrected chi connectivity index (χ4v) is 5.23. The Bertz CT molecular complexity index is 1350. The number of carbonyl (C=O) groups is 1. The molecule has 2 aromatic heterocycles. The number of hydrogen-bond donors (Lipinski definition) is 1. The molecule has 1 N–H and O–H groups in total. The maximum atomic E-state index is 13.4. The van der Waals surface area contributed by atoms with Crippen LogP contribution in [0.5, 0.6) is 5.75 Å². The van der Waals surface area contributed by atoms with Gasteiger partial charge in [0, 0.05) is 24.0 Å². The zero-order valence-electron chi connectivity index (χ0n) is 18.1. The highest BCUT2D eigenvalue weighted by Gasteiger charge is 2.17. The molecule has 0 aliphatic carbocycles. The normalized spacial score (nSPS) is 10.8. The summed E-state index contributed by atoms with van der Waals surface area (Å²) in [6.45, 7) is 4.49. The highest BCUT2D eigenvalue weighted by atomic mass is 32.2. The number of fused-ring (bicyclic) bond motifs is 1. The molecule has 0 aliphatic heterocycles. The largest absolute Gasteiger partial charge is 0.497 e. The van der Waals surface area contributed by atoms with E-state index in [0.29, 0.717) is 28.5 Å². The first kappa shape index (κ1) is 22.8. The van der Waals surface area contributed by atoms with Crippen LogP contribution in [-0.4, -0.2) is 28.3 Å². The smallest absolute Gasteiger partial charge is 0.263 e. The van der Waals surface area contributed by atoms with Gasteiger partial charge in [-0.25, -0.2) is 4.98 Å². The summed E-state index contributed by atoms with van der Waals surface area (Å²) in [6, 6.07) is 17.3. The molecule has 0 atom stereocenters. The fraction of sp³-hybridized carbons (Fsp3) is 0.160. The number of aromatic nitrogens is 2. The molecule has 8 heteroatoms. The number of rotatable bonds is 9. The number of amides is 1. The van der Waals surface area contributed by atoms with Crippen molar-refractivity contribution in [2.45, 2.75) is 18.2 Å². The second kappa shape index (κ2) is 10.5. The summed E-state index contributed by atoms with van der Waals surface area (Å²) in [5, 5.41) is 5.96. The second-order valence-corrected chi connectivity index (χ2v) is 9.01. The Kier molecular flexibility index (Phi) is 7.26. The lowest BCUT2D eigenvalue weighted by Crippen LogP contribution is -2.26. The zero-order valence-corrected chi connectivity index (χ0v) is 19.7. The Morgan fingerprint density at radius 2 is 2.06 bits per heavy atom. The van der Waals surface area contributed by atoms with Gasteiger partial charge in [-0.2, -0.15) is 0 Å². The average Bonchev–Trinajstić information content (AvgIpc) is 3.28. The molecule has 6 nitrogen and oxygen atoms in total. The number of thioether (sulfide) groups is 1. The van der Waals surface area contributed by atoms with Crippen LogP contribution in [0.4, 0.5) is 0 Å². The van der Waals surface area contributed by atoms with Crippen molar-refractivity contribution in [3.05, 3.63) is 88.5 Å². The molecule has 0 spiro atoms. The van der Waals surface area contributed by atoms with Crippen molar-refractivity contribution in [1.82, 2.24) is 14.9 Å². The molecule has 4 rings (SSSR count). The Morgan fingerprint density at radius 3 is 2.82 bits per heavy atom. The number of methoxy groups -OCH3 is 1. The number of thiophene rings is 1. The van der Waals surface area contributed by atoms with Crippen molar-refractivity contribution in [3.63, 3.8) is 0 Å². The molecule has 0 saturated carbocycles. The number of carbonyl (C=O) groups excluding carboxylic acids is 1. The monoisotopic (exact) mass is 477 g/mol. The van der Waals surface area contributed by atoms with Gasteiger partial charge in [0.25, 0.3) is 5.56 Å². The molecule has 1 amide bonds. The van der Waals surface area contributed by atoms with E-state index in [0.717, 1.165) is 22.4 Å². The second-order valence-electron chi connectivity index (χ2n) is 7.21. The Balaban J connectivity index is 1.53. The highest BCUT2D eigenvalue weighted by molar-refractivity contribution is 7.99. The number of allylic oxidation sites excluding steroid dienone is 1. The Morgan fingerprint density at radius 1 is 1.24 bits per heavy atom. The van der Waals surface area contributed by atoms with Crippen LogP contribution in [0.15, 0.2) is 82.6 Å². The van der Waals surface area contributed by atoms with Gasteiger partial charge in [0.05, 0.1) is 18.2 Å². The van der Waals surface area contributed by atoms with Gasteiger partial charge in [-0.1, -0.05) is 60.3 Å². The minimum Gasteiger partial charge on any atom is -0.497 e. The van der Waals surface area contributed by atoms with Crippen molar-refractivity contribution in [2.75, 3.05) is 12.9 Å². The van der Waals surface area contributed by atoms with Crippen molar-refractivity contribution in [3.8, 4) is 16.9 Å². The van der Waals surface area contributed by atoms with Gasteiger partial charge in [-0.05, 0) is 23.3 Å². The summed E-state index contributed by atoms with van der Waals surface area (Å²) >= 11 is 2.68. The fourth-order valence-electron chi connectivity index (χ4n) is 3.40.